The largest absolute Gasteiger partial charge is 0.481 e. The summed E-state index contributed by atoms with van der Waals surface area (Å²) in [7, 11) is 1.84. The molecule has 2 amide bonds. The average molecular weight is 292 g/mol. The van der Waals surface area contributed by atoms with Crippen LogP contribution in [0.1, 0.15) is 32.1 Å². The number of carbonyl (C=O) groups is 2. The van der Waals surface area contributed by atoms with Crippen molar-refractivity contribution in [1.82, 2.24) is 10.2 Å². The number of nitrogens with zero attached hydrogens (tertiary/aromatic N) is 1. The molecular formula is C16H24N2O3. The lowest BCUT2D eigenvalue weighted by molar-refractivity contribution is -0.140. The number of rotatable bonds is 4. The van der Waals surface area contributed by atoms with Crippen LogP contribution in [0.5, 0.6) is 0 Å². The molecular weight excluding hydrogens is 268 g/mol. The Kier molecular flexibility index (Phi) is 3.91. The van der Waals surface area contributed by atoms with Gasteiger partial charge in [0.1, 0.15) is 0 Å². The molecule has 0 spiro atoms. The molecule has 5 atom stereocenters. The normalized spacial score (nSPS) is 36.9. The number of aliphatic carboxylic acids is 1. The molecule has 21 heavy (non-hydrogen) atoms. The van der Waals surface area contributed by atoms with Gasteiger partial charge >= 0.3 is 12.0 Å². The van der Waals surface area contributed by atoms with Crippen molar-refractivity contribution in [2.45, 2.75) is 38.1 Å². The fourth-order valence-corrected chi connectivity index (χ4v) is 4.29. The number of carboxylic acid groups (broad SMARTS) is 1. The van der Waals surface area contributed by atoms with Gasteiger partial charge in [0.05, 0.1) is 12.0 Å². The van der Waals surface area contributed by atoms with Crippen LogP contribution in [0.15, 0.2) is 12.2 Å². The second-order valence-corrected chi connectivity index (χ2v) is 6.94. The summed E-state index contributed by atoms with van der Waals surface area (Å²) in [4.78, 5) is 24.9. The molecule has 5 nitrogen and oxygen atoms in total. The van der Waals surface area contributed by atoms with Gasteiger partial charge < -0.3 is 15.3 Å². The average Bonchev–Trinajstić information content (AvgIpc) is 3.13. The first kappa shape index (κ1) is 14.4. The highest BCUT2D eigenvalue weighted by Crippen LogP contribution is 2.48. The first-order valence-corrected chi connectivity index (χ1v) is 7.95. The Hall–Kier alpha value is -1.52. The maximum Gasteiger partial charge on any atom is 0.317 e. The molecule has 0 heterocycles. The lowest BCUT2D eigenvalue weighted by Crippen LogP contribution is -2.44. The van der Waals surface area contributed by atoms with Crippen LogP contribution in [0.25, 0.3) is 0 Å². The molecule has 116 valence electrons. The monoisotopic (exact) mass is 292 g/mol. The summed E-state index contributed by atoms with van der Waals surface area (Å²) < 4.78 is 0. The SMILES string of the molecule is CN(CC1CC2CCC1C2)C(=O)NC1C=CC(C(=O)O)C1. The van der Waals surface area contributed by atoms with Crippen LogP contribution in [0, 0.1) is 23.7 Å². The fraction of sp³-hybridized carbons (Fsp3) is 0.750. The summed E-state index contributed by atoms with van der Waals surface area (Å²) in [6.07, 6.45) is 9.25. The number of amides is 2. The Bertz CT molecular complexity index is 462. The molecule has 0 aromatic rings. The summed E-state index contributed by atoms with van der Waals surface area (Å²) in [5.74, 6) is 1.08. The summed E-state index contributed by atoms with van der Waals surface area (Å²) in [5, 5.41) is 11.9. The topological polar surface area (TPSA) is 69.6 Å². The smallest absolute Gasteiger partial charge is 0.317 e. The van der Waals surface area contributed by atoms with Crippen LogP contribution < -0.4 is 5.32 Å². The molecule has 3 aliphatic carbocycles. The van der Waals surface area contributed by atoms with E-state index in [9.17, 15) is 9.59 Å². The van der Waals surface area contributed by atoms with Crippen LogP contribution in [0.4, 0.5) is 4.79 Å². The van der Waals surface area contributed by atoms with E-state index in [1.54, 1.807) is 17.1 Å². The third kappa shape index (κ3) is 3.06. The minimum atomic E-state index is -0.821. The summed E-state index contributed by atoms with van der Waals surface area (Å²) in [6.45, 7) is 0.825. The minimum absolute atomic E-state index is 0.0848. The van der Waals surface area contributed by atoms with E-state index < -0.39 is 11.9 Å². The molecule has 3 rings (SSSR count). The third-order valence-electron chi connectivity index (χ3n) is 5.45. The van der Waals surface area contributed by atoms with Gasteiger partial charge in [0, 0.05) is 13.6 Å². The zero-order valence-corrected chi connectivity index (χ0v) is 12.5. The van der Waals surface area contributed by atoms with Crippen molar-refractivity contribution >= 4 is 12.0 Å². The van der Waals surface area contributed by atoms with E-state index in [4.69, 9.17) is 5.11 Å². The van der Waals surface area contributed by atoms with Gasteiger partial charge in [0.25, 0.3) is 0 Å². The minimum Gasteiger partial charge on any atom is -0.481 e. The molecule has 0 aromatic heterocycles. The van der Waals surface area contributed by atoms with E-state index in [0.29, 0.717) is 12.3 Å². The number of hydrogen-bond acceptors (Lipinski definition) is 2. The second kappa shape index (κ2) is 5.70. The number of carboxylic acids is 1. The maximum absolute atomic E-state index is 12.2. The molecule has 0 radical (unpaired) electrons. The zero-order valence-electron chi connectivity index (χ0n) is 12.5. The highest BCUT2D eigenvalue weighted by Gasteiger charge is 2.40. The van der Waals surface area contributed by atoms with E-state index in [0.717, 1.165) is 18.4 Å². The highest BCUT2D eigenvalue weighted by atomic mass is 16.4. The van der Waals surface area contributed by atoms with Gasteiger partial charge in [-0.3, -0.25) is 4.79 Å². The molecule has 2 saturated carbocycles. The van der Waals surface area contributed by atoms with Crippen molar-refractivity contribution in [2.75, 3.05) is 13.6 Å². The van der Waals surface area contributed by atoms with Crippen LogP contribution in [-0.2, 0) is 4.79 Å². The summed E-state index contributed by atoms with van der Waals surface area (Å²) in [6, 6.07) is -0.237. The predicted molar refractivity (Wildman–Crippen MR) is 78.8 cm³/mol. The first-order chi connectivity index (χ1) is 10.0. The maximum atomic E-state index is 12.2. The molecule has 2 fully saturated rings. The van der Waals surface area contributed by atoms with Crippen molar-refractivity contribution in [3.8, 4) is 0 Å². The summed E-state index contributed by atoms with van der Waals surface area (Å²) >= 11 is 0. The Morgan fingerprint density at radius 2 is 2.05 bits per heavy atom. The molecule has 0 saturated heterocycles. The number of nitrogens with one attached hydrogen (secondary N) is 1. The third-order valence-corrected chi connectivity index (χ3v) is 5.45. The van der Waals surface area contributed by atoms with Gasteiger partial charge in [-0.1, -0.05) is 18.6 Å². The van der Waals surface area contributed by atoms with Gasteiger partial charge in [0.2, 0.25) is 0 Å². The molecule has 2 bridgehead atoms. The standard InChI is InChI=1S/C16H24N2O3/c1-18(9-13-7-10-2-3-11(13)6-10)16(21)17-14-5-4-12(8-14)15(19)20/h4-5,10-14H,2-3,6-9H2,1H3,(H,17,21)(H,19,20). The van der Waals surface area contributed by atoms with Gasteiger partial charge in [-0.25, -0.2) is 4.79 Å². The van der Waals surface area contributed by atoms with Crippen LogP contribution in [-0.4, -0.2) is 41.6 Å². The molecule has 5 unspecified atom stereocenters. The molecule has 2 N–H and O–H groups in total. The predicted octanol–water partition coefficient (Wildman–Crippen LogP) is 2.09. The van der Waals surface area contributed by atoms with E-state index in [2.05, 4.69) is 5.32 Å². The van der Waals surface area contributed by atoms with E-state index in [-0.39, 0.29) is 12.1 Å². The lowest BCUT2D eigenvalue weighted by atomic mass is 9.88. The Morgan fingerprint density at radius 3 is 2.62 bits per heavy atom. The van der Waals surface area contributed by atoms with Gasteiger partial charge in [-0.05, 0) is 43.4 Å². The van der Waals surface area contributed by atoms with Crippen LogP contribution >= 0.6 is 0 Å². The van der Waals surface area contributed by atoms with Crippen molar-refractivity contribution in [2.24, 2.45) is 23.7 Å². The number of carbonyl (C=O) groups excluding carboxylic acids is 1. The zero-order chi connectivity index (χ0) is 15.0. The first-order valence-electron chi connectivity index (χ1n) is 7.95. The lowest BCUT2D eigenvalue weighted by Gasteiger charge is -2.28. The van der Waals surface area contributed by atoms with Gasteiger partial charge in [0.15, 0.2) is 0 Å². The van der Waals surface area contributed by atoms with Crippen LogP contribution in [0.3, 0.4) is 0 Å². The molecule has 5 heteroatoms. The Morgan fingerprint density at radius 1 is 1.24 bits per heavy atom. The van der Waals surface area contributed by atoms with Crippen LogP contribution in [0.2, 0.25) is 0 Å². The fourth-order valence-electron chi connectivity index (χ4n) is 4.29. The molecule has 0 aliphatic heterocycles. The number of hydrogen-bond donors (Lipinski definition) is 2. The molecule has 0 aromatic carbocycles. The Labute approximate surface area is 125 Å². The van der Waals surface area contributed by atoms with Crippen molar-refractivity contribution in [3.63, 3.8) is 0 Å². The summed E-state index contributed by atoms with van der Waals surface area (Å²) in [5.41, 5.74) is 0. The molecule has 3 aliphatic rings. The Balaban J connectivity index is 1.45. The second-order valence-electron chi connectivity index (χ2n) is 6.94. The van der Waals surface area contributed by atoms with E-state index >= 15 is 0 Å². The number of urea groups is 1. The highest BCUT2D eigenvalue weighted by molar-refractivity contribution is 5.76. The van der Waals surface area contributed by atoms with E-state index in [1.807, 2.05) is 7.05 Å². The van der Waals surface area contributed by atoms with E-state index in [1.165, 1.54) is 25.7 Å². The van der Waals surface area contributed by atoms with Crippen molar-refractivity contribution in [3.05, 3.63) is 12.2 Å². The van der Waals surface area contributed by atoms with Gasteiger partial charge in [-0.15, -0.1) is 0 Å². The number of fused-ring (bicyclic) bond motifs is 2. The quantitative estimate of drug-likeness (QED) is 0.780. The van der Waals surface area contributed by atoms with Gasteiger partial charge in [-0.2, -0.15) is 0 Å². The van der Waals surface area contributed by atoms with Crippen molar-refractivity contribution in [1.29, 1.82) is 0 Å². The van der Waals surface area contributed by atoms with Crippen molar-refractivity contribution < 1.29 is 14.7 Å².